The Morgan fingerprint density at radius 2 is 2.26 bits per heavy atom. The van der Waals surface area contributed by atoms with Crippen molar-refractivity contribution in [3.05, 3.63) is 29.3 Å². The van der Waals surface area contributed by atoms with E-state index in [1.54, 1.807) is 12.1 Å². The molecular formula is C18H23NO4. The second kappa shape index (κ2) is 6.62. The van der Waals surface area contributed by atoms with E-state index in [-0.39, 0.29) is 17.7 Å². The number of hydrogen-bond donors (Lipinski definition) is 2. The average molecular weight is 317 g/mol. The molecule has 2 aliphatic rings. The Morgan fingerprint density at radius 3 is 3.00 bits per heavy atom. The van der Waals surface area contributed by atoms with Crippen LogP contribution in [0.3, 0.4) is 0 Å². The normalized spacial score (nSPS) is 24.5. The fourth-order valence-corrected chi connectivity index (χ4v) is 3.71. The molecule has 0 aliphatic carbocycles. The molecule has 3 rings (SSSR count). The lowest BCUT2D eigenvalue weighted by atomic mass is 9.87. The van der Waals surface area contributed by atoms with Crippen molar-refractivity contribution in [1.29, 1.82) is 0 Å². The number of carbonyl (C=O) groups is 1. The third-order valence-electron chi connectivity index (χ3n) is 4.81. The molecule has 1 unspecified atom stereocenters. The minimum atomic E-state index is -0.684. The minimum absolute atomic E-state index is 0.0864. The van der Waals surface area contributed by atoms with Crippen molar-refractivity contribution in [1.82, 2.24) is 4.90 Å². The Balaban J connectivity index is 1.76. The van der Waals surface area contributed by atoms with Crippen molar-refractivity contribution >= 4 is 12.0 Å². The van der Waals surface area contributed by atoms with E-state index in [1.807, 2.05) is 6.07 Å². The van der Waals surface area contributed by atoms with E-state index < -0.39 is 5.97 Å². The van der Waals surface area contributed by atoms with Crippen LogP contribution in [-0.2, 0) is 4.79 Å². The van der Waals surface area contributed by atoms with Crippen LogP contribution in [0.2, 0.25) is 0 Å². The first-order chi connectivity index (χ1) is 11.1. The zero-order valence-electron chi connectivity index (χ0n) is 13.4. The summed E-state index contributed by atoms with van der Waals surface area (Å²) in [5.74, 6) is -0.0610. The molecule has 2 aliphatic heterocycles. The van der Waals surface area contributed by atoms with Crippen LogP contribution in [-0.4, -0.2) is 46.8 Å². The van der Waals surface area contributed by atoms with Gasteiger partial charge in [-0.05, 0) is 49.6 Å². The van der Waals surface area contributed by atoms with Gasteiger partial charge in [-0.25, -0.2) is 0 Å². The van der Waals surface area contributed by atoms with Crippen LogP contribution in [0.4, 0.5) is 0 Å². The third kappa shape index (κ3) is 3.34. The molecule has 5 heteroatoms. The van der Waals surface area contributed by atoms with Gasteiger partial charge < -0.3 is 14.9 Å². The van der Waals surface area contributed by atoms with Crippen LogP contribution >= 0.6 is 0 Å². The largest absolute Gasteiger partial charge is 0.508 e. The number of aromatic hydroxyl groups is 1. The Kier molecular flexibility index (Phi) is 4.57. The Bertz CT molecular complexity index is 625. The van der Waals surface area contributed by atoms with E-state index in [4.69, 9.17) is 4.74 Å². The molecule has 0 radical (unpaired) electrons. The number of benzene rings is 1. The predicted octanol–water partition coefficient (Wildman–Crippen LogP) is 2.74. The van der Waals surface area contributed by atoms with Gasteiger partial charge in [-0.3, -0.25) is 9.69 Å². The van der Waals surface area contributed by atoms with Gasteiger partial charge in [0.1, 0.15) is 18.1 Å². The lowest BCUT2D eigenvalue weighted by molar-refractivity contribution is -0.146. The van der Waals surface area contributed by atoms with Crippen molar-refractivity contribution < 1.29 is 19.7 Å². The van der Waals surface area contributed by atoms with Gasteiger partial charge in [-0.1, -0.05) is 6.92 Å². The first kappa shape index (κ1) is 15.9. The topological polar surface area (TPSA) is 70.0 Å². The Hall–Kier alpha value is -2.01. The smallest absolute Gasteiger partial charge is 0.308 e. The molecule has 124 valence electrons. The zero-order valence-corrected chi connectivity index (χ0v) is 13.4. The van der Waals surface area contributed by atoms with Gasteiger partial charge in [0, 0.05) is 24.2 Å². The number of phenolic OH excluding ortho intramolecular Hbond substituents is 1. The van der Waals surface area contributed by atoms with Gasteiger partial charge in [-0.2, -0.15) is 0 Å². The minimum Gasteiger partial charge on any atom is -0.508 e. The van der Waals surface area contributed by atoms with Crippen molar-refractivity contribution in [3.8, 4) is 11.5 Å². The molecular weight excluding hydrogens is 294 g/mol. The quantitative estimate of drug-likeness (QED) is 0.893. The van der Waals surface area contributed by atoms with Crippen molar-refractivity contribution in [2.24, 2.45) is 5.92 Å². The van der Waals surface area contributed by atoms with Gasteiger partial charge >= 0.3 is 5.97 Å². The number of ether oxygens (including phenoxy) is 1. The molecule has 2 N–H and O–H groups in total. The number of carboxylic acids is 1. The summed E-state index contributed by atoms with van der Waals surface area (Å²) in [7, 11) is 0. The number of likely N-dealkylation sites (tertiary alicyclic amines) is 1. The average Bonchev–Trinajstić information content (AvgIpc) is 2.54. The highest BCUT2D eigenvalue weighted by atomic mass is 16.5. The second-order valence-electron chi connectivity index (χ2n) is 6.35. The third-order valence-corrected chi connectivity index (χ3v) is 4.81. The standard InChI is InChI=1S/C18H23NO4/c1-2-16-15(18(21)22)4-3-7-19(16)10-12-8-13-5-6-14(20)9-17(13)23-11-12/h5-6,8-9,15-16,20H,2-4,7,10-11H2,1H3,(H,21,22)/t15-,16?/m1/s1. The molecule has 0 amide bonds. The summed E-state index contributed by atoms with van der Waals surface area (Å²) in [5.41, 5.74) is 2.11. The molecule has 0 aromatic heterocycles. The van der Waals surface area contributed by atoms with Gasteiger partial charge in [0.25, 0.3) is 0 Å². The van der Waals surface area contributed by atoms with Gasteiger partial charge in [0.15, 0.2) is 0 Å². The number of fused-ring (bicyclic) bond motifs is 1. The van der Waals surface area contributed by atoms with E-state index in [0.29, 0.717) is 12.4 Å². The number of hydrogen-bond acceptors (Lipinski definition) is 4. The molecule has 0 spiro atoms. The molecule has 1 saturated heterocycles. The number of phenols is 1. The van der Waals surface area contributed by atoms with Gasteiger partial charge in [-0.15, -0.1) is 0 Å². The first-order valence-corrected chi connectivity index (χ1v) is 8.20. The van der Waals surface area contributed by atoms with Crippen LogP contribution in [0.25, 0.3) is 6.08 Å². The highest BCUT2D eigenvalue weighted by Crippen LogP contribution is 2.32. The molecule has 0 bridgehead atoms. The van der Waals surface area contributed by atoms with Gasteiger partial charge in [0.05, 0.1) is 5.92 Å². The number of carboxylic acid groups (broad SMARTS) is 1. The summed E-state index contributed by atoms with van der Waals surface area (Å²) >= 11 is 0. The molecule has 2 atom stereocenters. The van der Waals surface area contributed by atoms with Crippen LogP contribution in [0, 0.1) is 5.92 Å². The summed E-state index contributed by atoms with van der Waals surface area (Å²) in [4.78, 5) is 13.7. The van der Waals surface area contributed by atoms with Crippen molar-refractivity contribution in [3.63, 3.8) is 0 Å². The van der Waals surface area contributed by atoms with Crippen LogP contribution in [0.15, 0.2) is 23.8 Å². The summed E-state index contributed by atoms with van der Waals surface area (Å²) in [6.07, 6.45) is 4.62. The predicted molar refractivity (Wildman–Crippen MR) is 87.6 cm³/mol. The maximum Gasteiger partial charge on any atom is 0.308 e. The summed E-state index contributed by atoms with van der Waals surface area (Å²) in [5, 5.41) is 18.9. The summed E-state index contributed by atoms with van der Waals surface area (Å²) in [6, 6.07) is 5.21. The highest BCUT2D eigenvalue weighted by molar-refractivity contribution is 5.71. The number of aliphatic carboxylic acids is 1. The summed E-state index contributed by atoms with van der Waals surface area (Å²) < 4.78 is 5.73. The molecule has 5 nitrogen and oxygen atoms in total. The zero-order chi connectivity index (χ0) is 16.4. The van der Waals surface area contributed by atoms with E-state index in [1.165, 1.54) is 0 Å². The lowest BCUT2D eigenvalue weighted by Crippen LogP contribution is -2.48. The van der Waals surface area contributed by atoms with E-state index in [0.717, 1.165) is 43.5 Å². The molecule has 0 saturated carbocycles. The van der Waals surface area contributed by atoms with Crippen molar-refractivity contribution in [2.45, 2.75) is 32.2 Å². The summed E-state index contributed by atoms with van der Waals surface area (Å²) in [6.45, 7) is 4.22. The first-order valence-electron chi connectivity index (χ1n) is 8.20. The molecule has 2 heterocycles. The van der Waals surface area contributed by atoms with Crippen LogP contribution < -0.4 is 4.74 Å². The monoisotopic (exact) mass is 317 g/mol. The van der Waals surface area contributed by atoms with E-state index in [2.05, 4.69) is 17.9 Å². The van der Waals surface area contributed by atoms with Crippen LogP contribution in [0.1, 0.15) is 31.7 Å². The fraction of sp³-hybridized carbons (Fsp3) is 0.500. The lowest BCUT2D eigenvalue weighted by Gasteiger charge is -2.40. The number of nitrogens with zero attached hydrogens (tertiary/aromatic N) is 1. The second-order valence-corrected chi connectivity index (χ2v) is 6.35. The maximum absolute atomic E-state index is 11.5. The SMILES string of the molecule is CCC1[C@H](C(=O)O)CCCN1CC1=Cc2ccc(O)cc2OC1. The highest BCUT2D eigenvalue weighted by Gasteiger charge is 2.35. The maximum atomic E-state index is 11.5. The molecule has 1 aromatic carbocycles. The van der Waals surface area contributed by atoms with E-state index in [9.17, 15) is 15.0 Å². The van der Waals surface area contributed by atoms with Gasteiger partial charge in [0.2, 0.25) is 0 Å². The van der Waals surface area contributed by atoms with Crippen LogP contribution in [0.5, 0.6) is 11.5 Å². The Labute approximate surface area is 136 Å². The Morgan fingerprint density at radius 1 is 1.43 bits per heavy atom. The molecule has 1 fully saturated rings. The fourth-order valence-electron chi connectivity index (χ4n) is 3.71. The number of rotatable bonds is 4. The molecule has 23 heavy (non-hydrogen) atoms. The number of piperidine rings is 1. The van der Waals surface area contributed by atoms with Crippen molar-refractivity contribution in [2.75, 3.05) is 19.7 Å². The van der Waals surface area contributed by atoms with E-state index >= 15 is 0 Å². The molecule has 1 aromatic rings.